The number of aromatic hydroxyl groups is 1. The molecular formula is C23H22ClNO4. The van der Waals surface area contributed by atoms with Gasteiger partial charge in [-0.2, -0.15) is 0 Å². The molecule has 0 amide bonds. The maximum Gasteiger partial charge on any atom is 0.313 e. The van der Waals surface area contributed by atoms with E-state index in [1.807, 2.05) is 6.92 Å². The largest absolute Gasteiger partial charge is 0.508 e. The smallest absolute Gasteiger partial charge is 0.313 e. The van der Waals surface area contributed by atoms with E-state index in [4.69, 9.17) is 16.3 Å². The topological polar surface area (TPSA) is 68.5 Å². The molecule has 150 valence electrons. The standard InChI is InChI=1S/C23H22ClNO4/c1-13(23(28)29-18-4-3-5-18)21-14(2)25(20-11-10-17(26)12-19(20)21)22(27)15-6-8-16(24)9-7-15/h6-13,18,26H,3-5H2,1-2H3. The summed E-state index contributed by atoms with van der Waals surface area (Å²) >= 11 is 5.95. The zero-order chi connectivity index (χ0) is 20.7. The molecule has 0 saturated heterocycles. The third-order valence-electron chi connectivity index (χ3n) is 5.65. The average Bonchev–Trinajstić information content (AvgIpc) is 2.95. The van der Waals surface area contributed by atoms with Gasteiger partial charge in [-0.25, -0.2) is 0 Å². The Labute approximate surface area is 173 Å². The molecule has 4 rings (SSSR count). The van der Waals surface area contributed by atoms with Gasteiger partial charge in [-0.3, -0.25) is 14.2 Å². The molecule has 1 unspecified atom stereocenters. The average molecular weight is 412 g/mol. The minimum absolute atomic E-state index is 0.0114. The summed E-state index contributed by atoms with van der Waals surface area (Å²) in [4.78, 5) is 26.0. The second kappa shape index (κ2) is 7.56. The Morgan fingerprint density at radius 1 is 1.17 bits per heavy atom. The van der Waals surface area contributed by atoms with Crippen LogP contribution in [0, 0.1) is 6.92 Å². The van der Waals surface area contributed by atoms with Crippen molar-refractivity contribution in [1.29, 1.82) is 0 Å². The summed E-state index contributed by atoms with van der Waals surface area (Å²) in [5.74, 6) is -1.01. The van der Waals surface area contributed by atoms with Gasteiger partial charge >= 0.3 is 5.97 Å². The number of nitrogens with zero attached hydrogens (tertiary/aromatic N) is 1. The first-order valence-electron chi connectivity index (χ1n) is 9.71. The summed E-state index contributed by atoms with van der Waals surface area (Å²) in [7, 11) is 0. The van der Waals surface area contributed by atoms with E-state index >= 15 is 0 Å². The number of phenols is 1. The van der Waals surface area contributed by atoms with Crippen LogP contribution in [0.15, 0.2) is 42.5 Å². The van der Waals surface area contributed by atoms with Crippen LogP contribution in [0.4, 0.5) is 0 Å². The highest BCUT2D eigenvalue weighted by Crippen LogP contribution is 2.36. The minimum atomic E-state index is -0.556. The van der Waals surface area contributed by atoms with Crippen LogP contribution in [0.5, 0.6) is 5.75 Å². The summed E-state index contributed by atoms with van der Waals surface area (Å²) in [5.41, 5.74) is 2.48. The lowest BCUT2D eigenvalue weighted by Gasteiger charge is -2.26. The first kappa shape index (κ1) is 19.5. The van der Waals surface area contributed by atoms with Gasteiger partial charge in [0.05, 0.1) is 11.4 Å². The molecule has 1 aliphatic carbocycles. The van der Waals surface area contributed by atoms with Crippen LogP contribution >= 0.6 is 11.6 Å². The third-order valence-corrected chi connectivity index (χ3v) is 5.90. The molecule has 0 spiro atoms. The SMILES string of the molecule is Cc1c(C(C)C(=O)OC2CCC2)c2cc(O)ccc2n1C(=O)c1ccc(Cl)cc1. The maximum atomic E-state index is 13.3. The molecule has 1 aliphatic rings. The number of halogens is 1. The fourth-order valence-corrected chi connectivity index (χ4v) is 3.96. The molecule has 1 N–H and O–H groups in total. The highest BCUT2D eigenvalue weighted by atomic mass is 35.5. The monoisotopic (exact) mass is 411 g/mol. The Morgan fingerprint density at radius 3 is 2.48 bits per heavy atom. The van der Waals surface area contributed by atoms with Crippen molar-refractivity contribution in [3.05, 3.63) is 64.3 Å². The zero-order valence-corrected chi connectivity index (χ0v) is 17.1. The van der Waals surface area contributed by atoms with E-state index in [9.17, 15) is 14.7 Å². The highest BCUT2D eigenvalue weighted by Gasteiger charge is 2.30. The number of rotatable bonds is 4. The molecule has 0 aliphatic heterocycles. The molecule has 1 fully saturated rings. The number of carbonyl (C=O) groups is 2. The van der Waals surface area contributed by atoms with E-state index in [-0.39, 0.29) is 23.7 Å². The summed E-state index contributed by atoms with van der Waals surface area (Å²) in [5, 5.41) is 11.2. The molecule has 1 heterocycles. The van der Waals surface area contributed by atoms with Gasteiger partial charge in [0.2, 0.25) is 0 Å². The van der Waals surface area contributed by atoms with Crippen LogP contribution in [0.1, 0.15) is 53.7 Å². The first-order valence-corrected chi connectivity index (χ1v) is 10.1. The zero-order valence-electron chi connectivity index (χ0n) is 16.3. The number of phenolic OH excluding ortho intramolecular Hbond substituents is 1. The highest BCUT2D eigenvalue weighted by molar-refractivity contribution is 6.30. The molecule has 6 heteroatoms. The van der Waals surface area contributed by atoms with Gasteiger partial charge in [-0.15, -0.1) is 0 Å². The molecule has 1 aromatic heterocycles. The lowest BCUT2D eigenvalue weighted by molar-refractivity contribution is -0.154. The molecule has 0 bridgehead atoms. The molecule has 0 radical (unpaired) electrons. The molecule has 1 saturated carbocycles. The van der Waals surface area contributed by atoms with Crippen LogP contribution in [0.2, 0.25) is 5.02 Å². The number of carbonyl (C=O) groups excluding carboxylic acids is 2. The van der Waals surface area contributed by atoms with E-state index in [0.717, 1.165) is 19.3 Å². The van der Waals surface area contributed by atoms with E-state index in [2.05, 4.69) is 0 Å². The first-order chi connectivity index (χ1) is 13.9. The van der Waals surface area contributed by atoms with Crippen molar-refractivity contribution in [2.45, 2.75) is 45.1 Å². The van der Waals surface area contributed by atoms with Crippen molar-refractivity contribution in [3.63, 3.8) is 0 Å². The Bertz CT molecular complexity index is 1100. The molecule has 2 aromatic carbocycles. The Morgan fingerprint density at radius 2 is 1.86 bits per heavy atom. The van der Waals surface area contributed by atoms with E-state index < -0.39 is 5.92 Å². The number of hydrogen-bond acceptors (Lipinski definition) is 4. The van der Waals surface area contributed by atoms with Crippen molar-refractivity contribution in [3.8, 4) is 5.75 Å². The Hall–Kier alpha value is -2.79. The van der Waals surface area contributed by atoms with Crippen LogP contribution < -0.4 is 0 Å². The van der Waals surface area contributed by atoms with Gasteiger partial charge in [-0.1, -0.05) is 11.6 Å². The summed E-state index contributed by atoms with van der Waals surface area (Å²) in [6.07, 6.45) is 2.86. The Balaban J connectivity index is 1.81. The number of benzene rings is 2. The summed E-state index contributed by atoms with van der Waals surface area (Å²) in [6, 6.07) is 11.5. The van der Waals surface area contributed by atoms with E-state index in [1.54, 1.807) is 47.9 Å². The number of fused-ring (bicyclic) bond motifs is 1. The molecule has 5 nitrogen and oxygen atoms in total. The van der Waals surface area contributed by atoms with Crippen molar-refractivity contribution in [2.75, 3.05) is 0 Å². The van der Waals surface area contributed by atoms with Crippen molar-refractivity contribution in [1.82, 2.24) is 4.57 Å². The Kier molecular flexibility index (Phi) is 5.09. The lowest BCUT2D eigenvalue weighted by atomic mass is 9.94. The molecule has 3 aromatic rings. The maximum absolute atomic E-state index is 13.3. The molecule has 1 atom stereocenters. The van der Waals surface area contributed by atoms with Crippen LogP contribution in [-0.4, -0.2) is 27.7 Å². The number of esters is 1. The number of hydrogen-bond donors (Lipinski definition) is 1. The van der Waals surface area contributed by atoms with Crippen molar-refractivity contribution >= 4 is 34.4 Å². The van der Waals surface area contributed by atoms with E-state index in [0.29, 0.717) is 32.7 Å². The summed E-state index contributed by atoms with van der Waals surface area (Å²) in [6.45, 7) is 3.59. The summed E-state index contributed by atoms with van der Waals surface area (Å²) < 4.78 is 7.18. The van der Waals surface area contributed by atoms with Crippen LogP contribution in [-0.2, 0) is 9.53 Å². The second-order valence-corrected chi connectivity index (χ2v) is 8.00. The second-order valence-electron chi connectivity index (χ2n) is 7.56. The fraction of sp³-hybridized carbons (Fsp3) is 0.304. The van der Waals surface area contributed by atoms with Gasteiger partial charge in [0.1, 0.15) is 11.9 Å². The van der Waals surface area contributed by atoms with Crippen LogP contribution in [0.3, 0.4) is 0 Å². The van der Waals surface area contributed by atoms with Gasteiger partial charge in [0, 0.05) is 21.7 Å². The normalized spacial score (nSPS) is 15.1. The fourth-order valence-electron chi connectivity index (χ4n) is 3.83. The van der Waals surface area contributed by atoms with Crippen molar-refractivity contribution in [2.24, 2.45) is 0 Å². The quantitative estimate of drug-likeness (QED) is 0.599. The van der Waals surface area contributed by atoms with E-state index in [1.165, 1.54) is 6.07 Å². The molecule has 29 heavy (non-hydrogen) atoms. The number of aromatic nitrogens is 1. The van der Waals surface area contributed by atoms with Gasteiger partial charge in [0.25, 0.3) is 5.91 Å². The predicted octanol–water partition coefficient (Wildman–Crippen LogP) is 5.20. The lowest BCUT2D eigenvalue weighted by Crippen LogP contribution is -2.27. The van der Waals surface area contributed by atoms with Gasteiger partial charge in [-0.05, 0) is 81.1 Å². The third kappa shape index (κ3) is 3.51. The van der Waals surface area contributed by atoms with Gasteiger partial charge in [0.15, 0.2) is 0 Å². The number of ether oxygens (including phenoxy) is 1. The minimum Gasteiger partial charge on any atom is -0.508 e. The van der Waals surface area contributed by atoms with Crippen LogP contribution in [0.25, 0.3) is 10.9 Å². The van der Waals surface area contributed by atoms with Gasteiger partial charge < -0.3 is 9.84 Å². The predicted molar refractivity (Wildman–Crippen MR) is 112 cm³/mol. The molecular weight excluding hydrogens is 390 g/mol. The van der Waals surface area contributed by atoms with Crippen molar-refractivity contribution < 1.29 is 19.4 Å².